The number of carbonyl (C=O) groups excluding carboxylic acids is 2. The molecule has 1 amide bonds. The van der Waals surface area contributed by atoms with E-state index in [1.165, 1.54) is 18.2 Å². The highest BCUT2D eigenvalue weighted by Crippen LogP contribution is 2.21. The van der Waals surface area contributed by atoms with E-state index in [4.69, 9.17) is 17.3 Å². The Balaban J connectivity index is 2.97. The molecule has 0 radical (unpaired) electrons. The molecule has 5 nitrogen and oxygen atoms in total. The number of ketones is 1. The summed E-state index contributed by atoms with van der Waals surface area (Å²) in [5.41, 5.74) is 5.33. The van der Waals surface area contributed by atoms with Gasteiger partial charge in [-0.2, -0.15) is 0 Å². The molecule has 0 saturated heterocycles. The number of nitrogens with two attached hydrogens (primary N) is 1. The number of halogens is 1. The van der Waals surface area contributed by atoms with Gasteiger partial charge in [-0.15, -0.1) is 0 Å². The van der Waals surface area contributed by atoms with Crippen LogP contribution in [-0.4, -0.2) is 26.4 Å². The molecule has 0 aliphatic rings. The SMILES string of the molecule is C=C(CCC(=O)c1cc(Cl)cc(S(C)(=O)=O)c1)C(N)=O. The minimum atomic E-state index is -3.45. The lowest BCUT2D eigenvalue weighted by Crippen LogP contribution is -2.14. The summed E-state index contributed by atoms with van der Waals surface area (Å²) in [6.45, 7) is 3.45. The summed E-state index contributed by atoms with van der Waals surface area (Å²) >= 11 is 5.80. The summed E-state index contributed by atoms with van der Waals surface area (Å²) in [4.78, 5) is 22.7. The van der Waals surface area contributed by atoms with Crippen LogP contribution in [0, 0.1) is 0 Å². The van der Waals surface area contributed by atoms with E-state index in [1.54, 1.807) is 0 Å². The number of carbonyl (C=O) groups is 2. The average Bonchev–Trinajstić information content (AvgIpc) is 2.33. The molecule has 0 saturated carbocycles. The number of hydrogen-bond donors (Lipinski definition) is 1. The van der Waals surface area contributed by atoms with Crippen LogP contribution in [0.5, 0.6) is 0 Å². The lowest BCUT2D eigenvalue weighted by molar-refractivity contribution is -0.114. The summed E-state index contributed by atoms with van der Waals surface area (Å²) in [6.07, 6.45) is 1.15. The first-order chi connectivity index (χ1) is 9.11. The summed E-state index contributed by atoms with van der Waals surface area (Å²) < 4.78 is 22.9. The highest BCUT2D eigenvalue weighted by molar-refractivity contribution is 7.90. The van der Waals surface area contributed by atoms with Crippen molar-refractivity contribution >= 4 is 33.1 Å². The zero-order valence-corrected chi connectivity index (χ0v) is 12.4. The quantitative estimate of drug-likeness (QED) is 0.639. The van der Waals surface area contributed by atoms with E-state index in [0.29, 0.717) is 0 Å². The Morgan fingerprint density at radius 2 is 1.85 bits per heavy atom. The van der Waals surface area contributed by atoms with E-state index >= 15 is 0 Å². The van der Waals surface area contributed by atoms with E-state index in [9.17, 15) is 18.0 Å². The van der Waals surface area contributed by atoms with Gasteiger partial charge in [0.1, 0.15) is 0 Å². The molecule has 0 atom stereocenters. The molecule has 0 aliphatic heterocycles. The van der Waals surface area contributed by atoms with Gasteiger partial charge in [-0.3, -0.25) is 9.59 Å². The number of hydrogen-bond acceptors (Lipinski definition) is 4. The van der Waals surface area contributed by atoms with Gasteiger partial charge in [0.25, 0.3) is 0 Å². The third-order valence-electron chi connectivity index (χ3n) is 2.62. The van der Waals surface area contributed by atoms with Crippen LogP contribution < -0.4 is 5.73 Å². The number of amides is 1. The Labute approximate surface area is 122 Å². The zero-order chi connectivity index (χ0) is 15.5. The number of rotatable bonds is 6. The van der Waals surface area contributed by atoms with Crippen molar-refractivity contribution in [2.75, 3.05) is 6.26 Å². The van der Waals surface area contributed by atoms with Gasteiger partial charge in [-0.25, -0.2) is 8.42 Å². The van der Waals surface area contributed by atoms with Crippen molar-refractivity contribution in [3.8, 4) is 0 Å². The second kappa shape index (κ2) is 6.19. The van der Waals surface area contributed by atoms with Crippen molar-refractivity contribution < 1.29 is 18.0 Å². The fourth-order valence-electron chi connectivity index (χ4n) is 1.47. The molecule has 0 unspecified atom stereocenters. The van der Waals surface area contributed by atoms with E-state index in [2.05, 4.69) is 6.58 Å². The minimum Gasteiger partial charge on any atom is -0.366 e. The highest BCUT2D eigenvalue weighted by Gasteiger charge is 2.14. The standard InChI is InChI=1S/C13H14ClNO4S/c1-8(13(15)17)3-4-12(16)9-5-10(14)7-11(6-9)20(2,18)19/h5-7H,1,3-4H2,2H3,(H2,15,17). The first kappa shape index (κ1) is 16.4. The normalized spacial score (nSPS) is 11.1. The maximum atomic E-state index is 12.0. The van der Waals surface area contributed by atoms with Gasteiger partial charge in [0, 0.05) is 28.8 Å². The molecule has 20 heavy (non-hydrogen) atoms. The van der Waals surface area contributed by atoms with Crippen LogP contribution in [-0.2, 0) is 14.6 Å². The van der Waals surface area contributed by atoms with Crippen molar-refractivity contribution in [2.24, 2.45) is 5.73 Å². The first-order valence-electron chi connectivity index (χ1n) is 5.62. The first-order valence-corrected chi connectivity index (χ1v) is 7.89. The van der Waals surface area contributed by atoms with Gasteiger partial charge in [0.2, 0.25) is 5.91 Å². The van der Waals surface area contributed by atoms with Gasteiger partial charge in [-0.1, -0.05) is 18.2 Å². The fraction of sp³-hybridized carbons (Fsp3) is 0.231. The van der Waals surface area contributed by atoms with Gasteiger partial charge in [0.05, 0.1) is 4.90 Å². The van der Waals surface area contributed by atoms with Crippen LogP contribution >= 0.6 is 11.6 Å². The summed E-state index contributed by atoms with van der Waals surface area (Å²) in [5, 5.41) is 0.157. The monoisotopic (exact) mass is 315 g/mol. The van der Waals surface area contributed by atoms with Crippen LogP contribution in [0.4, 0.5) is 0 Å². The fourth-order valence-corrected chi connectivity index (χ4v) is 2.45. The van der Waals surface area contributed by atoms with Crippen molar-refractivity contribution in [3.63, 3.8) is 0 Å². The van der Waals surface area contributed by atoms with E-state index in [0.717, 1.165) is 6.26 Å². The van der Waals surface area contributed by atoms with E-state index < -0.39 is 15.7 Å². The third-order valence-corrected chi connectivity index (χ3v) is 3.93. The largest absolute Gasteiger partial charge is 0.366 e. The van der Waals surface area contributed by atoms with Crippen molar-refractivity contribution in [1.82, 2.24) is 0 Å². The Morgan fingerprint density at radius 1 is 1.25 bits per heavy atom. The number of Topliss-reactive ketones (excluding diaryl/α,β-unsaturated/α-hetero) is 1. The van der Waals surface area contributed by atoms with Crippen molar-refractivity contribution in [1.29, 1.82) is 0 Å². The predicted octanol–water partition coefficient (Wildman–Crippen LogP) is 1.75. The molecular weight excluding hydrogens is 302 g/mol. The van der Waals surface area contributed by atoms with Crippen molar-refractivity contribution in [3.05, 3.63) is 40.9 Å². The van der Waals surface area contributed by atoms with Gasteiger partial charge < -0.3 is 5.73 Å². The highest BCUT2D eigenvalue weighted by atomic mass is 35.5. The summed E-state index contributed by atoms with van der Waals surface area (Å²) in [6, 6.07) is 3.91. The predicted molar refractivity (Wildman–Crippen MR) is 76.5 cm³/mol. The van der Waals surface area contributed by atoms with E-state index in [1.807, 2.05) is 0 Å². The van der Waals surface area contributed by atoms with Gasteiger partial charge >= 0.3 is 0 Å². The molecular formula is C13H14ClNO4S. The van der Waals surface area contributed by atoms with Gasteiger partial charge in [0.15, 0.2) is 15.6 Å². The molecule has 0 heterocycles. The summed E-state index contributed by atoms with van der Waals surface area (Å²) in [7, 11) is -3.45. The molecule has 0 fully saturated rings. The number of sulfone groups is 1. The smallest absolute Gasteiger partial charge is 0.244 e. The molecule has 108 valence electrons. The summed E-state index contributed by atoms with van der Waals surface area (Å²) in [5.74, 6) is -1.000. The lowest BCUT2D eigenvalue weighted by atomic mass is 10.0. The second-order valence-electron chi connectivity index (χ2n) is 4.34. The molecule has 0 spiro atoms. The van der Waals surface area contributed by atoms with Crippen LogP contribution in [0.15, 0.2) is 35.2 Å². The molecule has 7 heteroatoms. The molecule has 0 bridgehead atoms. The maximum absolute atomic E-state index is 12.0. The third kappa shape index (κ3) is 4.47. The molecule has 0 aliphatic carbocycles. The molecule has 0 aromatic heterocycles. The van der Waals surface area contributed by atoms with Crippen LogP contribution in [0.1, 0.15) is 23.2 Å². The second-order valence-corrected chi connectivity index (χ2v) is 6.79. The Kier molecular flexibility index (Phi) is 5.08. The topological polar surface area (TPSA) is 94.3 Å². The van der Waals surface area contributed by atoms with Gasteiger partial charge in [-0.05, 0) is 24.6 Å². The van der Waals surface area contributed by atoms with Crippen LogP contribution in [0.2, 0.25) is 5.02 Å². The molecule has 1 rings (SSSR count). The Hall–Kier alpha value is -1.66. The van der Waals surface area contributed by atoms with Crippen LogP contribution in [0.25, 0.3) is 0 Å². The average molecular weight is 316 g/mol. The Morgan fingerprint density at radius 3 is 2.35 bits per heavy atom. The molecule has 1 aromatic rings. The van der Waals surface area contributed by atoms with Crippen LogP contribution in [0.3, 0.4) is 0 Å². The van der Waals surface area contributed by atoms with E-state index in [-0.39, 0.29) is 39.7 Å². The number of primary amides is 1. The lowest BCUT2D eigenvalue weighted by Gasteiger charge is -2.05. The minimum absolute atomic E-state index is 0.00528. The van der Waals surface area contributed by atoms with Crippen molar-refractivity contribution in [2.45, 2.75) is 17.7 Å². The Bertz CT molecular complexity index is 680. The zero-order valence-electron chi connectivity index (χ0n) is 10.8. The molecule has 2 N–H and O–H groups in total. The maximum Gasteiger partial charge on any atom is 0.244 e. The molecule has 1 aromatic carbocycles. The number of benzene rings is 1.